The van der Waals surface area contributed by atoms with E-state index in [1.807, 2.05) is 30.7 Å². The molecule has 1 atom stereocenters. The molecule has 1 saturated heterocycles. The van der Waals surface area contributed by atoms with Crippen LogP contribution in [-0.4, -0.2) is 62.2 Å². The molecule has 1 N–H and O–H groups in total. The summed E-state index contributed by atoms with van der Waals surface area (Å²) in [5.41, 5.74) is 1.78. The number of carbonyl (C=O) groups excluding carboxylic acids is 2. The second kappa shape index (κ2) is 10.1. The van der Waals surface area contributed by atoms with Crippen molar-refractivity contribution in [1.29, 1.82) is 0 Å². The number of likely N-dealkylation sites (tertiary alicyclic amines) is 1. The number of nitrogens with zero attached hydrogens (tertiary/aromatic N) is 5. The van der Waals surface area contributed by atoms with Crippen molar-refractivity contribution in [3.8, 4) is 11.4 Å². The molecular formula is C26H25ClF2N6O3. The third-order valence-corrected chi connectivity index (χ3v) is 6.76. The summed E-state index contributed by atoms with van der Waals surface area (Å²) in [6.45, 7) is 2.85. The van der Waals surface area contributed by atoms with E-state index in [9.17, 15) is 9.59 Å². The molecule has 2 amide bonds. The average molecular weight is 543 g/mol. The van der Waals surface area contributed by atoms with Gasteiger partial charge in [0.2, 0.25) is 17.6 Å². The number of fused-ring (bicyclic) bond motifs is 1. The van der Waals surface area contributed by atoms with E-state index in [0.717, 1.165) is 15.8 Å². The predicted octanol–water partition coefficient (Wildman–Crippen LogP) is 4.70. The van der Waals surface area contributed by atoms with Crippen LogP contribution in [0, 0.1) is 0 Å². The third-order valence-electron chi connectivity index (χ3n) is 6.52. The van der Waals surface area contributed by atoms with Crippen LogP contribution in [0.3, 0.4) is 0 Å². The summed E-state index contributed by atoms with van der Waals surface area (Å²) in [5, 5.41) is 12.1. The Morgan fingerprint density at radius 2 is 2.05 bits per heavy atom. The molecule has 2 aromatic heterocycles. The van der Waals surface area contributed by atoms with Gasteiger partial charge in [-0.3, -0.25) is 14.3 Å². The number of rotatable bonds is 6. The van der Waals surface area contributed by atoms with Crippen molar-refractivity contribution >= 4 is 34.3 Å². The molecule has 0 spiro atoms. The molecule has 1 aliphatic heterocycles. The van der Waals surface area contributed by atoms with Gasteiger partial charge < -0.3 is 14.7 Å². The molecular weight excluding hydrogens is 518 g/mol. The molecule has 0 bridgehead atoms. The third kappa shape index (κ3) is 5.10. The van der Waals surface area contributed by atoms with Crippen molar-refractivity contribution in [3.05, 3.63) is 65.1 Å². The van der Waals surface area contributed by atoms with Gasteiger partial charge >= 0.3 is 0 Å². The van der Waals surface area contributed by atoms with Gasteiger partial charge in [-0.1, -0.05) is 35.0 Å². The molecule has 3 heterocycles. The van der Waals surface area contributed by atoms with E-state index in [1.54, 1.807) is 30.5 Å². The summed E-state index contributed by atoms with van der Waals surface area (Å²) in [7, 11) is 0. The van der Waals surface area contributed by atoms with E-state index in [4.69, 9.17) is 16.1 Å². The number of amides is 2. The Morgan fingerprint density at radius 3 is 2.79 bits per heavy atom. The number of hydrogen-bond acceptors (Lipinski definition) is 6. The van der Waals surface area contributed by atoms with Gasteiger partial charge in [-0.05, 0) is 44.5 Å². The Labute approximate surface area is 221 Å². The molecule has 38 heavy (non-hydrogen) atoms. The zero-order chi connectivity index (χ0) is 27.0. The Morgan fingerprint density at radius 1 is 1.24 bits per heavy atom. The van der Waals surface area contributed by atoms with Crippen molar-refractivity contribution in [1.82, 2.24) is 30.1 Å². The van der Waals surface area contributed by atoms with Crippen molar-refractivity contribution < 1.29 is 22.9 Å². The lowest BCUT2D eigenvalue weighted by Crippen LogP contribution is -2.52. The van der Waals surface area contributed by atoms with Crippen LogP contribution in [0.25, 0.3) is 22.3 Å². The lowest BCUT2D eigenvalue weighted by Gasteiger charge is -2.36. The maximum atomic E-state index is 15.2. The van der Waals surface area contributed by atoms with Crippen LogP contribution in [0.5, 0.6) is 0 Å². The van der Waals surface area contributed by atoms with E-state index in [2.05, 4.69) is 20.6 Å². The quantitative estimate of drug-likeness (QED) is 0.378. The fourth-order valence-electron chi connectivity index (χ4n) is 4.54. The van der Waals surface area contributed by atoms with Crippen LogP contribution >= 0.6 is 11.6 Å². The van der Waals surface area contributed by atoms with Crippen LogP contribution < -0.4 is 5.32 Å². The van der Waals surface area contributed by atoms with Crippen LogP contribution in [0.2, 0.25) is 5.02 Å². The Kier molecular flexibility index (Phi) is 6.87. The molecule has 0 aliphatic carbocycles. The first-order chi connectivity index (χ1) is 18.1. The van der Waals surface area contributed by atoms with Gasteiger partial charge in [-0.25, -0.2) is 8.78 Å². The second-order valence-corrected chi connectivity index (χ2v) is 9.96. The summed E-state index contributed by atoms with van der Waals surface area (Å²) in [6, 6.07) is 11.9. The molecule has 0 radical (unpaired) electrons. The molecule has 9 nitrogen and oxygen atoms in total. The summed E-state index contributed by atoms with van der Waals surface area (Å²) in [4.78, 5) is 30.1. The minimum atomic E-state index is -3.30. The number of carbonyl (C=O) groups is 2. The highest BCUT2D eigenvalue weighted by Gasteiger charge is 2.49. The zero-order valence-corrected chi connectivity index (χ0v) is 21.5. The molecule has 0 saturated carbocycles. The van der Waals surface area contributed by atoms with Gasteiger partial charge in [0.25, 0.3) is 11.8 Å². The average Bonchev–Trinajstić information content (AvgIpc) is 3.53. The molecule has 12 heteroatoms. The van der Waals surface area contributed by atoms with Crippen molar-refractivity contribution in [2.45, 2.75) is 38.2 Å². The lowest BCUT2D eigenvalue weighted by atomic mass is 9.92. The number of halogens is 3. The highest BCUT2D eigenvalue weighted by Crippen LogP contribution is 2.40. The van der Waals surface area contributed by atoms with E-state index < -0.39 is 36.7 Å². The Balaban J connectivity index is 1.25. The predicted molar refractivity (Wildman–Crippen MR) is 136 cm³/mol. The first-order valence-corrected chi connectivity index (χ1v) is 12.5. The molecule has 198 valence electrons. The standard InChI is InChI=1S/C26H25ClF2N6O3/c1-15(2)35-21-11-16(6-7-18(21)12-31-35)23-32-25(38-33-23)20-8-9-34(14-26(20,28)29)22(36)13-30-24(37)17-4-3-5-19(27)10-17/h3-7,10-12,15,20H,8-9,13-14H2,1-2H3,(H,30,37). The monoisotopic (exact) mass is 542 g/mol. The number of alkyl halides is 2. The summed E-state index contributed by atoms with van der Waals surface area (Å²) in [6.07, 6.45) is 1.70. The number of benzene rings is 2. The summed E-state index contributed by atoms with van der Waals surface area (Å²) < 4.78 is 37.4. The fourth-order valence-corrected chi connectivity index (χ4v) is 4.73. The van der Waals surface area contributed by atoms with Crippen LogP contribution in [0.1, 0.15) is 48.5 Å². The highest BCUT2D eigenvalue weighted by atomic mass is 35.5. The van der Waals surface area contributed by atoms with Crippen molar-refractivity contribution in [2.75, 3.05) is 19.6 Å². The Bertz CT molecular complexity index is 1500. The highest BCUT2D eigenvalue weighted by molar-refractivity contribution is 6.31. The summed E-state index contributed by atoms with van der Waals surface area (Å²) >= 11 is 5.88. The fraction of sp³-hybridized carbons (Fsp3) is 0.346. The smallest absolute Gasteiger partial charge is 0.276 e. The van der Waals surface area contributed by atoms with Gasteiger partial charge in [0.05, 0.1) is 24.8 Å². The number of nitrogens with one attached hydrogen (secondary N) is 1. The molecule has 2 aromatic carbocycles. The van der Waals surface area contributed by atoms with Crippen LogP contribution in [0.4, 0.5) is 8.78 Å². The first kappa shape index (κ1) is 25.8. The topological polar surface area (TPSA) is 106 Å². The Hall–Kier alpha value is -3.86. The molecule has 4 aromatic rings. The number of piperidine rings is 1. The minimum Gasteiger partial charge on any atom is -0.343 e. The van der Waals surface area contributed by atoms with Crippen LogP contribution in [-0.2, 0) is 4.79 Å². The largest absolute Gasteiger partial charge is 0.343 e. The van der Waals surface area contributed by atoms with Gasteiger partial charge in [-0.15, -0.1) is 0 Å². The molecule has 5 rings (SSSR count). The minimum absolute atomic E-state index is 0.0589. The van der Waals surface area contributed by atoms with E-state index in [1.165, 1.54) is 6.07 Å². The number of hydrogen-bond donors (Lipinski definition) is 1. The van der Waals surface area contributed by atoms with Gasteiger partial charge in [0, 0.05) is 34.1 Å². The van der Waals surface area contributed by atoms with E-state index >= 15 is 8.78 Å². The molecule has 1 fully saturated rings. The normalized spacial score (nSPS) is 17.2. The van der Waals surface area contributed by atoms with E-state index in [0.29, 0.717) is 10.6 Å². The first-order valence-electron chi connectivity index (χ1n) is 12.1. The zero-order valence-electron chi connectivity index (χ0n) is 20.7. The maximum absolute atomic E-state index is 15.2. The van der Waals surface area contributed by atoms with Gasteiger partial charge in [0.15, 0.2) is 0 Å². The van der Waals surface area contributed by atoms with Crippen LogP contribution in [0.15, 0.2) is 53.2 Å². The lowest BCUT2D eigenvalue weighted by molar-refractivity contribution is -0.144. The molecule has 1 unspecified atom stereocenters. The number of aromatic nitrogens is 4. The van der Waals surface area contributed by atoms with Gasteiger partial charge in [0.1, 0.15) is 5.92 Å². The summed E-state index contributed by atoms with van der Waals surface area (Å²) in [5.74, 6) is -5.73. The van der Waals surface area contributed by atoms with Crippen molar-refractivity contribution in [3.63, 3.8) is 0 Å². The molecule has 1 aliphatic rings. The van der Waals surface area contributed by atoms with Gasteiger partial charge in [-0.2, -0.15) is 10.1 Å². The second-order valence-electron chi connectivity index (χ2n) is 9.52. The van der Waals surface area contributed by atoms with E-state index in [-0.39, 0.29) is 36.3 Å². The SMILES string of the molecule is CC(C)n1ncc2ccc(-c3noc(C4CCN(C(=O)CNC(=O)c5cccc(Cl)c5)CC4(F)F)n3)cc21. The van der Waals surface area contributed by atoms with Crippen molar-refractivity contribution in [2.24, 2.45) is 0 Å². The maximum Gasteiger partial charge on any atom is 0.276 e.